The number of hydrogen-bond acceptors (Lipinski definition) is 3. The second-order valence-corrected chi connectivity index (χ2v) is 5.94. The number of hydrogen-bond donors (Lipinski definition) is 1. The van der Waals surface area contributed by atoms with E-state index < -0.39 is 0 Å². The maximum atomic E-state index is 5.89. The molecule has 24 heavy (non-hydrogen) atoms. The summed E-state index contributed by atoms with van der Waals surface area (Å²) in [6, 6.07) is 7.94. The van der Waals surface area contributed by atoms with Crippen molar-refractivity contribution in [2.45, 2.75) is 26.9 Å². The lowest BCUT2D eigenvalue weighted by Crippen LogP contribution is -2.02. The molecule has 0 saturated heterocycles. The average molecular weight is 319 g/mol. The highest BCUT2D eigenvalue weighted by molar-refractivity contribution is 5.84. The quantitative estimate of drug-likeness (QED) is 0.684. The molecule has 3 rings (SSSR count). The molecule has 0 fully saturated rings. The van der Waals surface area contributed by atoms with E-state index in [1.807, 2.05) is 38.1 Å². The van der Waals surface area contributed by atoms with E-state index in [4.69, 9.17) is 4.74 Å². The van der Waals surface area contributed by atoms with Crippen molar-refractivity contribution in [3.8, 4) is 22.5 Å². The topological polar surface area (TPSA) is 50.8 Å². The molecule has 122 valence electrons. The van der Waals surface area contributed by atoms with E-state index in [9.17, 15) is 0 Å². The van der Waals surface area contributed by atoms with Crippen molar-refractivity contribution in [3.63, 3.8) is 0 Å². The normalized spacial score (nSPS) is 10.8. The predicted octanol–water partition coefficient (Wildman–Crippen LogP) is 4.84. The van der Waals surface area contributed by atoms with Crippen LogP contribution >= 0.6 is 0 Å². The Labute approximate surface area is 142 Å². The Balaban J connectivity index is 2.18. The zero-order valence-corrected chi connectivity index (χ0v) is 14.2. The molecule has 0 aliphatic rings. The second-order valence-electron chi connectivity index (χ2n) is 5.94. The Morgan fingerprint density at radius 3 is 1.96 bits per heavy atom. The van der Waals surface area contributed by atoms with Gasteiger partial charge in [-0.25, -0.2) is 0 Å². The van der Waals surface area contributed by atoms with Crippen molar-refractivity contribution in [2.75, 3.05) is 0 Å². The maximum absolute atomic E-state index is 5.89. The lowest BCUT2D eigenvalue weighted by Gasteiger charge is -2.14. The largest absolute Gasteiger partial charge is 0.491 e. The van der Waals surface area contributed by atoms with E-state index >= 15 is 0 Å². The first-order valence-corrected chi connectivity index (χ1v) is 7.97. The van der Waals surface area contributed by atoms with Gasteiger partial charge in [0.15, 0.2) is 0 Å². The minimum atomic E-state index is 0.0708. The Hall–Kier alpha value is -2.88. The van der Waals surface area contributed by atoms with E-state index in [0.29, 0.717) is 5.76 Å². The molecule has 3 heterocycles. The molecule has 0 bridgehead atoms. The van der Waals surface area contributed by atoms with Crippen molar-refractivity contribution in [2.24, 2.45) is 0 Å². The molecule has 4 heteroatoms. The van der Waals surface area contributed by atoms with Crippen molar-refractivity contribution >= 4 is 5.76 Å². The lowest BCUT2D eigenvalue weighted by molar-refractivity contribution is 0.205. The third-order valence-electron chi connectivity index (χ3n) is 3.84. The first kappa shape index (κ1) is 16.0. The van der Waals surface area contributed by atoms with Gasteiger partial charge in [0.1, 0.15) is 5.76 Å². The number of pyridine rings is 2. The minimum absolute atomic E-state index is 0.0708. The molecule has 0 atom stereocenters. The summed E-state index contributed by atoms with van der Waals surface area (Å²) in [5.74, 6) is 0.672. The fraction of sp³-hybridized carbons (Fsp3) is 0.200. The molecule has 3 aromatic heterocycles. The number of rotatable bonds is 5. The van der Waals surface area contributed by atoms with Crippen molar-refractivity contribution in [1.82, 2.24) is 15.0 Å². The number of nitrogens with zero attached hydrogens (tertiary/aromatic N) is 2. The monoisotopic (exact) mass is 319 g/mol. The zero-order valence-electron chi connectivity index (χ0n) is 14.2. The molecule has 0 radical (unpaired) electrons. The van der Waals surface area contributed by atoms with Gasteiger partial charge in [-0.05, 0) is 50.6 Å². The fourth-order valence-corrected chi connectivity index (χ4v) is 2.83. The molecule has 0 aliphatic carbocycles. The molecule has 0 aliphatic heterocycles. The van der Waals surface area contributed by atoms with Gasteiger partial charge in [0.05, 0.1) is 11.8 Å². The molecular formula is C20H21N3O. The van der Waals surface area contributed by atoms with Gasteiger partial charge in [0.25, 0.3) is 0 Å². The smallest absolute Gasteiger partial charge is 0.122 e. The van der Waals surface area contributed by atoms with Gasteiger partial charge in [-0.3, -0.25) is 9.97 Å². The predicted molar refractivity (Wildman–Crippen MR) is 97.2 cm³/mol. The Kier molecular flexibility index (Phi) is 4.47. The van der Waals surface area contributed by atoms with Crippen LogP contribution < -0.4 is 0 Å². The number of aromatic amines is 1. The van der Waals surface area contributed by atoms with Crippen molar-refractivity contribution in [3.05, 3.63) is 66.8 Å². The lowest BCUT2D eigenvalue weighted by atomic mass is 10.0. The Morgan fingerprint density at radius 1 is 0.958 bits per heavy atom. The molecule has 3 aromatic rings. The molecule has 0 amide bonds. The molecule has 4 nitrogen and oxygen atoms in total. The van der Waals surface area contributed by atoms with E-state index in [-0.39, 0.29) is 6.10 Å². The summed E-state index contributed by atoms with van der Waals surface area (Å²) in [6.45, 7) is 10.2. The number of H-pyrrole nitrogens is 1. The van der Waals surface area contributed by atoms with Crippen LogP contribution in [0.1, 0.15) is 25.0 Å². The summed E-state index contributed by atoms with van der Waals surface area (Å²) >= 11 is 0. The van der Waals surface area contributed by atoms with E-state index in [1.54, 1.807) is 24.8 Å². The van der Waals surface area contributed by atoms with Gasteiger partial charge in [-0.15, -0.1) is 0 Å². The average Bonchev–Trinajstić information content (AvgIpc) is 2.93. The van der Waals surface area contributed by atoms with Gasteiger partial charge >= 0.3 is 0 Å². The highest BCUT2D eigenvalue weighted by Crippen LogP contribution is 2.37. The third kappa shape index (κ3) is 3.08. The first-order chi connectivity index (χ1) is 11.6. The molecule has 0 unspecified atom stereocenters. The van der Waals surface area contributed by atoms with E-state index in [2.05, 4.69) is 28.5 Å². The van der Waals surface area contributed by atoms with Crippen molar-refractivity contribution < 1.29 is 4.74 Å². The van der Waals surface area contributed by atoms with Crippen LogP contribution in [0, 0.1) is 6.92 Å². The van der Waals surface area contributed by atoms with Gasteiger partial charge in [-0.2, -0.15) is 0 Å². The zero-order chi connectivity index (χ0) is 17.1. The van der Waals surface area contributed by atoms with Crippen LogP contribution in [0.2, 0.25) is 0 Å². The van der Waals surface area contributed by atoms with Crippen LogP contribution in [-0.2, 0) is 4.74 Å². The number of ether oxygens (including phenoxy) is 1. The number of aromatic nitrogens is 3. The van der Waals surface area contributed by atoms with Gasteiger partial charge in [0.2, 0.25) is 0 Å². The minimum Gasteiger partial charge on any atom is -0.491 e. The maximum Gasteiger partial charge on any atom is 0.122 e. The first-order valence-electron chi connectivity index (χ1n) is 7.97. The standard InChI is InChI=1S/C20H21N3O/c1-13(2)24-15(4)18-14(3)19(16-5-9-21-10-6-16)23-20(18)17-7-11-22-12-8-17/h5-13,23H,4H2,1-3H3. The molecule has 0 aromatic carbocycles. The summed E-state index contributed by atoms with van der Waals surface area (Å²) in [5.41, 5.74) is 6.29. The summed E-state index contributed by atoms with van der Waals surface area (Å²) < 4.78 is 5.89. The van der Waals surface area contributed by atoms with Crippen LogP contribution in [0.25, 0.3) is 28.3 Å². The van der Waals surface area contributed by atoms with E-state index in [1.165, 1.54) is 0 Å². The molecule has 0 saturated carbocycles. The van der Waals surface area contributed by atoms with Gasteiger partial charge < -0.3 is 9.72 Å². The van der Waals surface area contributed by atoms with Crippen LogP contribution in [0.15, 0.2) is 55.6 Å². The van der Waals surface area contributed by atoms with Crippen LogP contribution in [-0.4, -0.2) is 21.1 Å². The fourth-order valence-electron chi connectivity index (χ4n) is 2.83. The highest BCUT2D eigenvalue weighted by atomic mass is 16.5. The SMILES string of the molecule is C=C(OC(C)C)c1c(-c2ccncc2)[nH]c(-c2ccncc2)c1C. The summed E-state index contributed by atoms with van der Waals surface area (Å²) in [4.78, 5) is 11.7. The second kappa shape index (κ2) is 6.71. The third-order valence-corrected chi connectivity index (χ3v) is 3.84. The number of nitrogens with one attached hydrogen (secondary N) is 1. The molecule has 1 N–H and O–H groups in total. The van der Waals surface area contributed by atoms with Gasteiger partial charge in [0, 0.05) is 47.2 Å². The summed E-state index contributed by atoms with van der Waals surface area (Å²) in [5, 5.41) is 0. The summed E-state index contributed by atoms with van der Waals surface area (Å²) in [6.07, 6.45) is 7.23. The van der Waals surface area contributed by atoms with Crippen molar-refractivity contribution in [1.29, 1.82) is 0 Å². The summed E-state index contributed by atoms with van der Waals surface area (Å²) in [7, 11) is 0. The van der Waals surface area contributed by atoms with Gasteiger partial charge in [-0.1, -0.05) is 6.58 Å². The van der Waals surface area contributed by atoms with Crippen LogP contribution in [0.3, 0.4) is 0 Å². The van der Waals surface area contributed by atoms with Crippen LogP contribution in [0.5, 0.6) is 0 Å². The molecular weight excluding hydrogens is 298 g/mol. The van der Waals surface area contributed by atoms with Crippen LogP contribution in [0.4, 0.5) is 0 Å². The Morgan fingerprint density at radius 2 is 1.46 bits per heavy atom. The molecule has 0 spiro atoms. The van der Waals surface area contributed by atoms with E-state index in [0.717, 1.165) is 33.6 Å². The highest BCUT2D eigenvalue weighted by Gasteiger charge is 2.20. The Bertz CT molecular complexity index is 836.